The van der Waals surface area contributed by atoms with Gasteiger partial charge < -0.3 is 16.2 Å². The van der Waals surface area contributed by atoms with Crippen molar-refractivity contribution in [2.45, 2.75) is 25.0 Å². The summed E-state index contributed by atoms with van der Waals surface area (Å²) in [5, 5.41) is 12.2. The minimum absolute atomic E-state index is 0.352. The lowest BCUT2D eigenvalue weighted by Crippen LogP contribution is -2.36. The predicted octanol–water partition coefficient (Wildman–Crippen LogP) is -1.42. The molecule has 58 valence electrons. The molecule has 1 amide bonds. The van der Waals surface area contributed by atoms with E-state index >= 15 is 0 Å². The molecular weight excluding hydrogens is 132 g/mol. The van der Waals surface area contributed by atoms with Gasteiger partial charge in [0, 0.05) is 13.0 Å². The van der Waals surface area contributed by atoms with Gasteiger partial charge in [-0.1, -0.05) is 0 Å². The molecule has 0 aromatic carbocycles. The number of rotatable bonds is 1. The van der Waals surface area contributed by atoms with Crippen LogP contribution in [0, 0.1) is 0 Å². The maximum Gasteiger partial charge on any atom is 0.234 e. The summed E-state index contributed by atoms with van der Waals surface area (Å²) in [5.74, 6) is -0.391. The second kappa shape index (κ2) is 2.21. The van der Waals surface area contributed by atoms with Gasteiger partial charge in [-0.15, -0.1) is 0 Å². The molecule has 4 nitrogen and oxygen atoms in total. The van der Waals surface area contributed by atoms with E-state index in [4.69, 9.17) is 5.73 Å². The Bertz CT molecular complexity index is 156. The molecule has 0 saturated carbocycles. The monoisotopic (exact) mass is 144 g/mol. The quantitative estimate of drug-likeness (QED) is 0.423. The number of hydrogen-bond donors (Lipinski definition) is 3. The van der Waals surface area contributed by atoms with E-state index in [0.29, 0.717) is 13.0 Å². The zero-order valence-corrected chi connectivity index (χ0v) is 5.92. The van der Waals surface area contributed by atoms with Crippen molar-refractivity contribution in [2.75, 3.05) is 6.54 Å². The maximum absolute atomic E-state index is 10.5. The Labute approximate surface area is 59.4 Å². The van der Waals surface area contributed by atoms with Crippen LogP contribution in [0.2, 0.25) is 0 Å². The van der Waals surface area contributed by atoms with Gasteiger partial charge in [-0.3, -0.25) is 4.79 Å². The third-order valence-electron chi connectivity index (χ3n) is 1.72. The third kappa shape index (κ3) is 1.46. The van der Waals surface area contributed by atoms with E-state index in [1.807, 2.05) is 0 Å². The number of primary amides is 1. The van der Waals surface area contributed by atoms with E-state index in [9.17, 15) is 9.90 Å². The average molecular weight is 144 g/mol. The Kier molecular flexibility index (Phi) is 1.66. The molecule has 10 heavy (non-hydrogen) atoms. The summed E-state index contributed by atoms with van der Waals surface area (Å²) in [6, 6.07) is -0.352. The largest absolute Gasteiger partial charge is 0.389 e. The molecule has 1 rings (SSSR count). The van der Waals surface area contributed by atoms with Crippen molar-refractivity contribution in [3.8, 4) is 0 Å². The van der Waals surface area contributed by atoms with Crippen LogP contribution in [-0.2, 0) is 4.79 Å². The molecule has 0 bridgehead atoms. The number of amides is 1. The van der Waals surface area contributed by atoms with Crippen molar-refractivity contribution >= 4 is 5.91 Å². The second-order valence-corrected chi connectivity index (χ2v) is 3.04. The van der Waals surface area contributed by atoms with E-state index in [-0.39, 0.29) is 6.04 Å². The van der Waals surface area contributed by atoms with E-state index in [2.05, 4.69) is 5.32 Å². The van der Waals surface area contributed by atoms with Crippen LogP contribution in [0.3, 0.4) is 0 Å². The minimum Gasteiger partial charge on any atom is -0.389 e. The zero-order valence-electron chi connectivity index (χ0n) is 5.92. The Morgan fingerprint density at radius 1 is 1.90 bits per heavy atom. The molecule has 4 heteroatoms. The summed E-state index contributed by atoms with van der Waals surface area (Å²) in [4.78, 5) is 10.5. The van der Waals surface area contributed by atoms with Crippen LogP contribution < -0.4 is 11.1 Å². The highest BCUT2D eigenvalue weighted by atomic mass is 16.3. The fourth-order valence-electron chi connectivity index (χ4n) is 1.13. The smallest absolute Gasteiger partial charge is 0.234 e. The zero-order chi connectivity index (χ0) is 7.78. The van der Waals surface area contributed by atoms with Crippen molar-refractivity contribution in [2.24, 2.45) is 5.73 Å². The number of hydrogen-bond acceptors (Lipinski definition) is 3. The number of nitrogens with one attached hydrogen (secondary N) is 1. The Hall–Kier alpha value is -0.610. The standard InChI is InChI=1S/C6H12N2O2/c1-6(10)2-4(5(7)9)8-3-6/h4,8,10H,2-3H2,1H3,(H2,7,9)/t4-,6-/m0/s1. The Morgan fingerprint density at radius 2 is 2.50 bits per heavy atom. The fraction of sp³-hybridized carbons (Fsp3) is 0.833. The summed E-state index contributed by atoms with van der Waals surface area (Å²) >= 11 is 0. The van der Waals surface area contributed by atoms with Crippen LogP contribution in [-0.4, -0.2) is 29.2 Å². The minimum atomic E-state index is -0.764. The Morgan fingerprint density at radius 3 is 2.70 bits per heavy atom. The van der Waals surface area contributed by atoms with Crippen LogP contribution >= 0.6 is 0 Å². The van der Waals surface area contributed by atoms with E-state index < -0.39 is 11.5 Å². The molecule has 0 unspecified atom stereocenters. The van der Waals surface area contributed by atoms with Gasteiger partial charge in [0.15, 0.2) is 0 Å². The lowest BCUT2D eigenvalue weighted by Gasteiger charge is -2.12. The van der Waals surface area contributed by atoms with Crippen molar-refractivity contribution < 1.29 is 9.90 Å². The lowest BCUT2D eigenvalue weighted by molar-refractivity contribution is -0.120. The highest BCUT2D eigenvalue weighted by Gasteiger charge is 2.35. The molecule has 2 atom stereocenters. The van der Waals surface area contributed by atoms with Crippen molar-refractivity contribution in [1.29, 1.82) is 0 Å². The van der Waals surface area contributed by atoms with E-state index in [1.165, 1.54) is 0 Å². The molecule has 0 spiro atoms. The fourth-order valence-corrected chi connectivity index (χ4v) is 1.13. The molecule has 1 heterocycles. The van der Waals surface area contributed by atoms with Gasteiger partial charge in [0.05, 0.1) is 11.6 Å². The highest BCUT2D eigenvalue weighted by molar-refractivity contribution is 5.80. The number of nitrogens with two attached hydrogens (primary N) is 1. The Balaban J connectivity index is 2.51. The van der Waals surface area contributed by atoms with Gasteiger partial charge in [-0.05, 0) is 6.92 Å². The van der Waals surface area contributed by atoms with Crippen LogP contribution in [0.1, 0.15) is 13.3 Å². The number of carbonyl (C=O) groups excluding carboxylic acids is 1. The SMILES string of the molecule is C[C@@]1(O)CN[C@H](C(N)=O)C1. The molecule has 0 radical (unpaired) electrons. The van der Waals surface area contributed by atoms with Crippen LogP contribution in [0.15, 0.2) is 0 Å². The number of carbonyl (C=O) groups is 1. The molecule has 0 aromatic rings. The van der Waals surface area contributed by atoms with Gasteiger partial charge in [0.25, 0.3) is 0 Å². The van der Waals surface area contributed by atoms with Crippen LogP contribution in [0.5, 0.6) is 0 Å². The van der Waals surface area contributed by atoms with Crippen molar-refractivity contribution in [3.63, 3.8) is 0 Å². The lowest BCUT2D eigenvalue weighted by atomic mass is 10.0. The maximum atomic E-state index is 10.5. The molecule has 1 saturated heterocycles. The molecule has 0 aromatic heterocycles. The van der Waals surface area contributed by atoms with Gasteiger partial charge >= 0.3 is 0 Å². The van der Waals surface area contributed by atoms with Crippen molar-refractivity contribution in [1.82, 2.24) is 5.32 Å². The number of β-amino-alcohol motifs (C(OH)–C–C–N with tert-alkyl or cyclic N) is 1. The van der Waals surface area contributed by atoms with Crippen LogP contribution in [0.25, 0.3) is 0 Å². The normalized spacial score (nSPS) is 40.0. The summed E-state index contributed by atoms with van der Waals surface area (Å²) < 4.78 is 0. The summed E-state index contributed by atoms with van der Waals surface area (Å²) in [6.07, 6.45) is 0.419. The average Bonchev–Trinajstić information content (AvgIpc) is 2.10. The highest BCUT2D eigenvalue weighted by Crippen LogP contribution is 2.17. The first-order chi connectivity index (χ1) is 4.51. The topological polar surface area (TPSA) is 75.3 Å². The van der Waals surface area contributed by atoms with Gasteiger partial charge in [0.2, 0.25) is 5.91 Å². The molecule has 1 aliphatic heterocycles. The first-order valence-electron chi connectivity index (χ1n) is 3.26. The second-order valence-electron chi connectivity index (χ2n) is 3.04. The molecular formula is C6H12N2O2. The van der Waals surface area contributed by atoms with Gasteiger partial charge in [-0.2, -0.15) is 0 Å². The molecule has 4 N–H and O–H groups in total. The predicted molar refractivity (Wildman–Crippen MR) is 36.2 cm³/mol. The van der Waals surface area contributed by atoms with Crippen LogP contribution in [0.4, 0.5) is 0 Å². The van der Waals surface area contributed by atoms with Crippen molar-refractivity contribution in [3.05, 3.63) is 0 Å². The third-order valence-corrected chi connectivity index (χ3v) is 1.72. The summed E-state index contributed by atoms with van der Waals surface area (Å²) in [7, 11) is 0. The molecule has 1 fully saturated rings. The summed E-state index contributed by atoms with van der Waals surface area (Å²) in [5.41, 5.74) is 4.24. The van der Waals surface area contributed by atoms with E-state index in [1.54, 1.807) is 6.92 Å². The summed E-state index contributed by atoms with van der Waals surface area (Å²) in [6.45, 7) is 2.13. The van der Waals surface area contributed by atoms with Gasteiger partial charge in [-0.25, -0.2) is 0 Å². The molecule has 0 aliphatic carbocycles. The van der Waals surface area contributed by atoms with Gasteiger partial charge in [0.1, 0.15) is 0 Å². The molecule has 1 aliphatic rings. The first kappa shape index (κ1) is 7.50. The van der Waals surface area contributed by atoms with E-state index in [0.717, 1.165) is 0 Å². The first-order valence-corrected chi connectivity index (χ1v) is 3.26. The number of aliphatic hydroxyl groups is 1.